The minimum atomic E-state index is -0.556. The molecule has 62 valence electrons. The maximum atomic E-state index is 9.13. The molecule has 0 aliphatic rings. The van der Waals surface area contributed by atoms with Gasteiger partial charge in [0.15, 0.2) is 6.29 Å². The maximum Gasteiger partial charge on any atom is 0.154 e. The fourth-order valence-corrected chi connectivity index (χ4v) is 0.761. The van der Waals surface area contributed by atoms with E-state index in [1.807, 2.05) is 13.8 Å². The quantitative estimate of drug-likeness (QED) is 0.600. The second kappa shape index (κ2) is 5.69. The van der Waals surface area contributed by atoms with Gasteiger partial charge in [0.25, 0.3) is 0 Å². The van der Waals surface area contributed by atoms with E-state index in [0.717, 1.165) is 19.3 Å². The van der Waals surface area contributed by atoms with Crippen LogP contribution in [0.2, 0.25) is 0 Å². The predicted octanol–water partition coefficient (Wildman–Crippen LogP) is 1.92. The standard InChI is InChI=1S/C8H18O2/c1-4-5-6-8(9)10-7(2)3/h7-9H,4-6H2,1-3H3. The summed E-state index contributed by atoms with van der Waals surface area (Å²) in [6.07, 6.45) is 2.48. The molecule has 0 heterocycles. The van der Waals surface area contributed by atoms with Crippen LogP contribution in [0.25, 0.3) is 0 Å². The molecule has 10 heavy (non-hydrogen) atoms. The van der Waals surface area contributed by atoms with Crippen LogP contribution in [0, 0.1) is 0 Å². The number of unbranched alkanes of at least 4 members (excludes halogenated alkanes) is 1. The van der Waals surface area contributed by atoms with Crippen molar-refractivity contribution in [1.29, 1.82) is 0 Å². The average molecular weight is 146 g/mol. The molecule has 1 atom stereocenters. The largest absolute Gasteiger partial charge is 0.368 e. The Bertz CT molecular complexity index is 71.7. The van der Waals surface area contributed by atoms with Crippen molar-refractivity contribution in [2.45, 2.75) is 52.4 Å². The second-order valence-electron chi connectivity index (χ2n) is 2.78. The van der Waals surface area contributed by atoms with Gasteiger partial charge >= 0.3 is 0 Å². The van der Waals surface area contributed by atoms with Crippen LogP contribution in [-0.2, 0) is 4.74 Å². The minimum absolute atomic E-state index is 0.131. The lowest BCUT2D eigenvalue weighted by Crippen LogP contribution is -2.16. The summed E-state index contributed by atoms with van der Waals surface area (Å²) in [5.74, 6) is 0. The van der Waals surface area contributed by atoms with Gasteiger partial charge in [0.05, 0.1) is 6.10 Å². The first kappa shape index (κ1) is 9.92. The van der Waals surface area contributed by atoms with Crippen molar-refractivity contribution in [1.82, 2.24) is 0 Å². The lowest BCUT2D eigenvalue weighted by atomic mass is 10.2. The Labute approximate surface area is 63.2 Å². The Kier molecular flexibility index (Phi) is 5.64. The molecule has 0 spiro atoms. The topological polar surface area (TPSA) is 29.5 Å². The van der Waals surface area contributed by atoms with Crippen LogP contribution in [0.15, 0.2) is 0 Å². The summed E-state index contributed by atoms with van der Waals surface area (Å²) in [5, 5.41) is 9.13. The third-order valence-electron chi connectivity index (χ3n) is 1.23. The van der Waals surface area contributed by atoms with E-state index in [1.165, 1.54) is 0 Å². The first-order valence-corrected chi connectivity index (χ1v) is 4.00. The molecule has 0 aliphatic carbocycles. The molecule has 2 nitrogen and oxygen atoms in total. The monoisotopic (exact) mass is 146 g/mol. The molecule has 0 rings (SSSR count). The number of hydrogen-bond donors (Lipinski definition) is 1. The summed E-state index contributed by atoms with van der Waals surface area (Å²) in [5.41, 5.74) is 0. The van der Waals surface area contributed by atoms with Gasteiger partial charge in [-0.3, -0.25) is 0 Å². The summed E-state index contributed by atoms with van der Waals surface area (Å²) in [6.45, 7) is 5.95. The van der Waals surface area contributed by atoms with Crippen molar-refractivity contribution < 1.29 is 9.84 Å². The number of rotatable bonds is 5. The Morgan fingerprint density at radius 1 is 1.40 bits per heavy atom. The van der Waals surface area contributed by atoms with Gasteiger partial charge < -0.3 is 9.84 Å². The van der Waals surface area contributed by atoms with E-state index in [0.29, 0.717) is 0 Å². The smallest absolute Gasteiger partial charge is 0.154 e. The molecule has 0 fully saturated rings. The van der Waals surface area contributed by atoms with E-state index in [9.17, 15) is 0 Å². The van der Waals surface area contributed by atoms with Gasteiger partial charge in [-0.05, 0) is 26.7 Å². The zero-order chi connectivity index (χ0) is 7.98. The van der Waals surface area contributed by atoms with Crippen LogP contribution < -0.4 is 0 Å². The maximum absolute atomic E-state index is 9.13. The molecule has 0 radical (unpaired) electrons. The van der Waals surface area contributed by atoms with E-state index >= 15 is 0 Å². The van der Waals surface area contributed by atoms with Crippen molar-refractivity contribution in [3.8, 4) is 0 Å². The molecule has 2 heteroatoms. The fourth-order valence-electron chi connectivity index (χ4n) is 0.761. The molecule has 0 bridgehead atoms. The highest BCUT2D eigenvalue weighted by Gasteiger charge is 2.04. The lowest BCUT2D eigenvalue weighted by Gasteiger charge is -2.13. The predicted molar refractivity (Wildman–Crippen MR) is 41.8 cm³/mol. The van der Waals surface area contributed by atoms with Gasteiger partial charge in [-0.25, -0.2) is 0 Å². The Balaban J connectivity index is 3.16. The number of hydrogen-bond acceptors (Lipinski definition) is 2. The third kappa shape index (κ3) is 6.05. The Morgan fingerprint density at radius 2 is 2.00 bits per heavy atom. The molecule has 0 saturated heterocycles. The molecule has 0 aromatic carbocycles. The van der Waals surface area contributed by atoms with Crippen LogP contribution in [0.4, 0.5) is 0 Å². The fraction of sp³-hybridized carbons (Fsp3) is 1.00. The molecule has 0 saturated carbocycles. The van der Waals surface area contributed by atoms with Gasteiger partial charge in [0.2, 0.25) is 0 Å². The first-order valence-electron chi connectivity index (χ1n) is 4.00. The van der Waals surface area contributed by atoms with Crippen molar-refractivity contribution >= 4 is 0 Å². The molecule has 0 aromatic rings. The molecule has 0 aliphatic heterocycles. The van der Waals surface area contributed by atoms with Gasteiger partial charge in [0.1, 0.15) is 0 Å². The normalized spacial score (nSPS) is 14.1. The van der Waals surface area contributed by atoms with E-state index in [4.69, 9.17) is 9.84 Å². The summed E-state index contributed by atoms with van der Waals surface area (Å²) < 4.78 is 5.11. The molecule has 1 N–H and O–H groups in total. The van der Waals surface area contributed by atoms with Crippen molar-refractivity contribution in [3.05, 3.63) is 0 Å². The van der Waals surface area contributed by atoms with Crippen molar-refractivity contribution in [2.75, 3.05) is 0 Å². The summed E-state index contributed by atoms with van der Waals surface area (Å²) in [6, 6.07) is 0. The first-order chi connectivity index (χ1) is 4.66. The minimum Gasteiger partial charge on any atom is -0.368 e. The number of ether oxygens (including phenoxy) is 1. The highest BCUT2D eigenvalue weighted by molar-refractivity contribution is 4.44. The van der Waals surface area contributed by atoms with E-state index in [2.05, 4.69) is 6.92 Å². The van der Waals surface area contributed by atoms with Gasteiger partial charge in [0, 0.05) is 0 Å². The molecule has 0 aromatic heterocycles. The van der Waals surface area contributed by atoms with Gasteiger partial charge in [-0.1, -0.05) is 13.3 Å². The van der Waals surface area contributed by atoms with E-state index in [1.54, 1.807) is 0 Å². The van der Waals surface area contributed by atoms with Crippen LogP contribution in [-0.4, -0.2) is 17.5 Å². The summed E-state index contributed by atoms with van der Waals surface area (Å²) >= 11 is 0. The van der Waals surface area contributed by atoms with Gasteiger partial charge in [-0.2, -0.15) is 0 Å². The highest BCUT2D eigenvalue weighted by Crippen LogP contribution is 2.03. The molecular formula is C8H18O2. The average Bonchev–Trinajstić information content (AvgIpc) is 1.82. The number of aliphatic hydroxyl groups excluding tert-OH is 1. The molecular weight excluding hydrogens is 128 g/mol. The van der Waals surface area contributed by atoms with Crippen LogP contribution >= 0.6 is 0 Å². The van der Waals surface area contributed by atoms with Crippen LogP contribution in [0.1, 0.15) is 40.0 Å². The molecule has 1 unspecified atom stereocenters. The van der Waals surface area contributed by atoms with Crippen molar-refractivity contribution in [3.63, 3.8) is 0 Å². The van der Waals surface area contributed by atoms with E-state index in [-0.39, 0.29) is 6.10 Å². The Hall–Kier alpha value is -0.0800. The highest BCUT2D eigenvalue weighted by atomic mass is 16.6. The van der Waals surface area contributed by atoms with Crippen LogP contribution in [0.3, 0.4) is 0 Å². The molecule has 0 amide bonds. The zero-order valence-corrected chi connectivity index (χ0v) is 7.13. The summed E-state index contributed by atoms with van der Waals surface area (Å²) in [4.78, 5) is 0. The zero-order valence-electron chi connectivity index (χ0n) is 7.13. The van der Waals surface area contributed by atoms with Gasteiger partial charge in [-0.15, -0.1) is 0 Å². The third-order valence-corrected chi connectivity index (χ3v) is 1.23. The SMILES string of the molecule is CCCCC(O)OC(C)C. The van der Waals surface area contributed by atoms with Crippen LogP contribution in [0.5, 0.6) is 0 Å². The lowest BCUT2D eigenvalue weighted by molar-refractivity contribution is -0.129. The number of aliphatic hydroxyl groups is 1. The Morgan fingerprint density at radius 3 is 2.40 bits per heavy atom. The van der Waals surface area contributed by atoms with Crippen molar-refractivity contribution in [2.24, 2.45) is 0 Å². The second-order valence-corrected chi connectivity index (χ2v) is 2.78. The summed E-state index contributed by atoms with van der Waals surface area (Å²) in [7, 11) is 0. The van der Waals surface area contributed by atoms with E-state index < -0.39 is 6.29 Å².